The minimum atomic E-state index is -5.03. The van der Waals surface area contributed by atoms with Gasteiger partial charge < -0.3 is 5.11 Å². The molecule has 0 saturated carbocycles. The number of aromatic carboxylic acids is 1. The highest BCUT2D eigenvalue weighted by Gasteiger charge is 2.38. The molecule has 9 heteroatoms. The van der Waals surface area contributed by atoms with E-state index in [4.69, 9.17) is 5.11 Å². The predicted molar refractivity (Wildman–Crippen MR) is 48.9 cm³/mol. The molecule has 0 amide bonds. The van der Waals surface area contributed by atoms with Crippen LogP contribution < -0.4 is 0 Å². The number of alkyl halides is 5. The van der Waals surface area contributed by atoms with Crippen LogP contribution in [0.1, 0.15) is 28.0 Å². The number of nitrogens with zero attached hydrogens (tertiary/aromatic N) is 1. The molecule has 94 valence electrons. The molecular formula is C8H3BrF5NO2. The first-order valence-corrected chi connectivity index (χ1v) is 4.73. The van der Waals surface area contributed by atoms with E-state index in [0.717, 1.165) is 0 Å². The normalized spacial score (nSPS) is 11.9. The fourth-order valence-electron chi connectivity index (χ4n) is 1.04. The van der Waals surface area contributed by atoms with Gasteiger partial charge in [-0.3, -0.25) is 0 Å². The highest BCUT2D eigenvalue weighted by Crippen LogP contribution is 2.35. The Morgan fingerprint density at radius 2 is 1.94 bits per heavy atom. The summed E-state index contributed by atoms with van der Waals surface area (Å²) in [4.78, 5) is 13.4. The molecule has 1 aromatic heterocycles. The van der Waals surface area contributed by atoms with Gasteiger partial charge in [-0.05, 0) is 22.0 Å². The van der Waals surface area contributed by atoms with E-state index in [2.05, 4.69) is 20.9 Å². The van der Waals surface area contributed by atoms with E-state index in [1.165, 1.54) is 0 Å². The summed E-state index contributed by atoms with van der Waals surface area (Å²) in [6.45, 7) is 0. The number of pyridine rings is 1. The number of hydrogen-bond acceptors (Lipinski definition) is 2. The van der Waals surface area contributed by atoms with Crippen molar-refractivity contribution in [1.82, 2.24) is 4.98 Å². The average Bonchev–Trinajstić information content (AvgIpc) is 2.14. The molecule has 17 heavy (non-hydrogen) atoms. The monoisotopic (exact) mass is 319 g/mol. The molecule has 0 fully saturated rings. The van der Waals surface area contributed by atoms with Crippen LogP contribution in [-0.4, -0.2) is 16.1 Å². The number of hydrogen-bond donors (Lipinski definition) is 1. The first kappa shape index (κ1) is 13.8. The molecule has 0 unspecified atom stereocenters. The second kappa shape index (κ2) is 4.55. The Morgan fingerprint density at radius 3 is 2.29 bits per heavy atom. The van der Waals surface area contributed by atoms with Crippen LogP contribution in [-0.2, 0) is 6.18 Å². The maximum Gasteiger partial charge on any atom is 0.434 e. The van der Waals surface area contributed by atoms with Gasteiger partial charge in [-0.2, -0.15) is 13.2 Å². The van der Waals surface area contributed by atoms with Gasteiger partial charge in [0.2, 0.25) is 0 Å². The van der Waals surface area contributed by atoms with Gasteiger partial charge in [-0.25, -0.2) is 18.6 Å². The van der Waals surface area contributed by atoms with Crippen molar-refractivity contribution in [3.63, 3.8) is 0 Å². The first-order valence-electron chi connectivity index (χ1n) is 3.93. The van der Waals surface area contributed by atoms with Crippen molar-refractivity contribution in [2.75, 3.05) is 0 Å². The minimum Gasteiger partial charge on any atom is -0.478 e. The molecule has 0 aliphatic heterocycles. The van der Waals surface area contributed by atoms with E-state index >= 15 is 0 Å². The molecule has 0 saturated heterocycles. The highest BCUT2D eigenvalue weighted by molar-refractivity contribution is 9.10. The molecule has 0 aliphatic carbocycles. The van der Waals surface area contributed by atoms with E-state index < -0.39 is 40.0 Å². The van der Waals surface area contributed by atoms with Crippen LogP contribution in [0.3, 0.4) is 0 Å². The van der Waals surface area contributed by atoms with Gasteiger partial charge in [-0.1, -0.05) is 0 Å². The van der Waals surface area contributed by atoms with Crippen LogP contribution in [0.25, 0.3) is 0 Å². The first-order chi connectivity index (χ1) is 7.64. The molecule has 0 spiro atoms. The summed E-state index contributed by atoms with van der Waals surface area (Å²) in [7, 11) is 0. The molecule has 1 rings (SSSR count). The van der Waals surface area contributed by atoms with Gasteiger partial charge in [0, 0.05) is 0 Å². The summed E-state index contributed by atoms with van der Waals surface area (Å²) < 4.78 is 61.1. The molecule has 0 atom stereocenters. The summed E-state index contributed by atoms with van der Waals surface area (Å²) in [6, 6.07) is 0.257. The topological polar surface area (TPSA) is 50.2 Å². The quantitative estimate of drug-likeness (QED) is 0.670. The van der Waals surface area contributed by atoms with E-state index in [0.29, 0.717) is 0 Å². The molecule has 1 N–H and O–H groups in total. The Kier molecular flexibility index (Phi) is 3.70. The number of carboxylic acid groups (broad SMARTS) is 1. The summed E-state index contributed by atoms with van der Waals surface area (Å²) in [5, 5.41) is 8.53. The zero-order valence-corrected chi connectivity index (χ0v) is 9.31. The van der Waals surface area contributed by atoms with Crippen molar-refractivity contribution in [3.05, 3.63) is 27.5 Å². The SMILES string of the molecule is O=C(O)c1cc(C(F)F)c(Br)nc1C(F)(F)F. The Morgan fingerprint density at radius 1 is 1.41 bits per heavy atom. The van der Waals surface area contributed by atoms with Crippen LogP contribution in [0.5, 0.6) is 0 Å². The molecular weight excluding hydrogens is 317 g/mol. The van der Waals surface area contributed by atoms with E-state index in [1.54, 1.807) is 0 Å². The average molecular weight is 320 g/mol. The molecule has 0 bridgehead atoms. The number of carbonyl (C=O) groups is 1. The zero-order chi connectivity index (χ0) is 13.4. The van der Waals surface area contributed by atoms with Crippen LogP contribution in [0, 0.1) is 0 Å². The lowest BCUT2D eigenvalue weighted by Gasteiger charge is -2.12. The van der Waals surface area contributed by atoms with Crippen LogP contribution >= 0.6 is 15.9 Å². The molecule has 1 heterocycles. The largest absolute Gasteiger partial charge is 0.478 e. The number of carboxylic acids is 1. The van der Waals surface area contributed by atoms with E-state index in [1.807, 2.05) is 0 Å². The fraction of sp³-hybridized carbons (Fsp3) is 0.250. The highest BCUT2D eigenvalue weighted by atomic mass is 79.9. The third kappa shape index (κ3) is 2.90. The second-order valence-corrected chi connectivity index (χ2v) is 3.62. The van der Waals surface area contributed by atoms with Gasteiger partial charge in [0.25, 0.3) is 6.43 Å². The number of aromatic nitrogens is 1. The second-order valence-electron chi connectivity index (χ2n) is 2.87. The lowest BCUT2D eigenvalue weighted by Crippen LogP contribution is -2.16. The minimum absolute atomic E-state index is 0.257. The molecule has 1 aromatic rings. The smallest absolute Gasteiger partial charge is 0.434 e. The maximum absolute atomic E-state index is 12.4. The summed E-state index contributed by atoms with van der Waals surface area (Å²) in [5.41, 5.74) is -3.94. The van der Waals surface area contributed by atoms with Crippen molar-refractivity contribution >= 4 is 21.9 Å². The van der Waals surface area contributed by atoms with Gasteiger partial charge in [-0.15, -0.1) is 0 Å². The van der Waals surface area contributed by atoms with Crippen molar-refractivity contribution in [3.8, 4) is 0 Å². The van der Waals surface area contributed by atoms with Crippen LogP contribution in [0.2, 0.25) is 0 Å². The number of rotatable bonds is 2. The van der Waals surface area contributed by atoms with E-state index in [9.17, 15) is 26.7 Å². The van der Waals surface area contributed by atoms with Crippen molar-refractivity contribution in [2.45, 2.75) is 12.6 Å². The Labute approximate surface area is 99.4 Å². The van der Waals surface area contributed by atoms with Crippen LogP contribution in [0.15, 0.2) is 10.7 Å². The number of halogens is 6. The van der Waals surface area contributed by atoms with Gasteiger partial charge >= 0.3 is 12.1 Å². The fourth-order valence-corrected chi connectivity index (χ4v) is 1.50. The molecule has 0 aromatic carbocycles. The van der Waals surface area contributed by atoms with Crippen LogP contribution in [0.4, 0.5) is 22.0 Å². The van der Waals surface area contributed by atoms with Gasteiger partial charge in [0.15, 0.2) is 5.69 Å². The van der Waals surface area contributed by atoms with Crippen molar-refractivity contribution < 1.29 is 31.9 Å². The summed E-state index contributed by atoms with van der Waals surface area (Å²) in [5.74, 6) is -1.97. The lowest BCUT2D eigenvalue weighted by molar-refractivity contribution is -0.141. The summed E-state index contributed by atoms with van der Waals surface area (Å²) >= 11 is 2.44. The van der Waals surface area contributed by atoms with Gasteiger partial charge in [0.1, 0.15) is 4.60 Å². The van der Waals surface area contributed by atoms with Gasteiger partial charge in [0.05, 0.1) is 11.1 Å². The van der Waals surface area contributed by atoms with Crippen molar-refractivity contribution in [2.24, 2.45) is 0 Å². The Bertz CT molecular complexity index is 460. The van der Waals surface area contributed by atoms with Crippen molar-refractivity contribution in [1.29, 1.82) is 0 Å². The Balaban J connectivity index is 3.53. The standard InChI is InChI=1S/C8H3BrF5NO2/c9-5-3(6(10)11)1-2(7(16)17)4(15-5)8(12,13)14/h1,6H,(H,16,17). The van der Waals surface area contributed by atoms with E-state index in [-0.39, 0.29) is 6.07 Å². The zero-order valence-electron chi connectivity index (χ0n) is 7.73. The maximum atomic E-state index is 12.4. The molecule has 0 aliphatic rings. The third-order valence-corrected chi connectivity index (χ3v) is 2.37. The molecule has 3 nitrogen and oxygen atoms in total. The predicted octanol–water partition coefficient (Wildman–Crippen LogP) is 3.50. The molecule has 0 radical (unpaired) electrons. The third-order valence-electron chi connectivity index (χ3n) is 1.74. The summed E-state index contributed by atoms with van der Waals surface area (Å²) in [6.07, 6.45) is -8.16. The Hall–Kier alpha value is -1.25. The lowest BCUT2D eigenvalue weighted by atomic mass is 10.1.